The maximum Gasteiger partial charge on any atom is 0.261 e. The zero-order chi connectivity index (χ0) is 23.0. The molecule has 0 saturated heterocycles. The first-order valence-corrected chi connectivity index (χ1v) is 11.0. The van der Waals surface area contributed by atoms with Crippen molar-refractivity contribution in [1.29, 1.82) is 0 Å². The molecular formula is C26H36N2O3. The van der Waals surface area contributed by atoms with Crippen molar-refractivity contribution in [3.63, 3.8) is 0 Å². The Labute approximate surface area is 186 Å². The number of carbonyl (C=O) groups is 2. The molecule has 0 bridgehead atoms. The Kier molecular flexibility index (Phi) is 9.10. The summed E-state index contributed by atoms with van der Waals surface area (Å²) in [5.74, 6) is 0.675. The average molecular weight is 425 g/mol. The highest BCUT2D eigenvalue weighted by atomic mass is 16.5. The number of hydrogen-bond donors (Lipinski definition) is 1. The van der Waals surface area contributed by atoms with Crippen LogP contribution in [0.3, 0.4) is 0 Å². The maximum absolute atomic E-state index is 13.2. The molecule has 1 N–H and O–H groups in total. The molecule has 1 unspecified atom stereocenters. The second-order valence-electron chi connectivity index (χ2n) is 8.61. The Morgan fingerprint density at radius 3 is 2.39 bits per heavy atom. The average Bonchev–Trinajstić information content (AvgIpc) is 2.72. The van der Waals surface area contributed by atoms with Crippen LogP contribution in [0.2, 0.25) is 0 Å². The van der Waals surface area contributed by atoms with Gasteiger partial charge in [0.1, 0.15) is 11.8 Å². The lowest BCUT2D eigenvalue weighted by Gasteiger charge is -2.31. The van der Waals surface area contributed by atoms with E-state index in [1.807, 2.05) is 84.0 Å². The molecule has 0 spiro atoms. The first-order valence-electron chi connectivity index (χ1n) is 11.0. The van der Waals surface area contributed by atoms with E-state index >= 15 is 0 Å². The fourth-order valence-electron chi connectivity index (χ4n) is 3.38. The number of aryl methyl sites for hydroxylation is 3. The molecule has 2 rings (SSSR count). The summed E-state index contributed by atoms with van der Waals surface area (Å²) in [7, 11) is 0. The summed E-state index contributed by atoms with van der Waals surface area (Å²) >= 11 is 0. The number of hydrogen-bond acceptors (Lipinski definition) is 3. The fourth-order valence-corrected chi connectivity index (χ4v) is 3.38. The molecule has 2 aromatic rings. The number of carbonyl (C=O) groups excluding carboxylic acids is 2. The van der Waals surface area contributed by atoms with Gasteiger partial charge < -0.3 is 15.0 Å². The van der Waals surface area contributed by atoms with Crippen molar-refractivity contribution in [2.45, 2.75) is 60.5 Å². The molecule has 0 aliphatic heterocycles. The summed E-state index contributed by atoms with van der Waals surface area (Å²) in [6.45, 7) is 12.9. The van der Waals surface area contributed by atoms with Crippen molar-refractivity contribution in [1.82, 2.24) is 10.2 Å². The van der Waals surface area contributed by atoms with Crippen LogP contribution in [0.4, 0.5) is 0 Å². The molecule has 5 heteroatoms. The Morgan fingerprint density at radius 2 is 1.77 bits per heavy atom. The zero-order valence-electron chi connectivity index (χ0n) is 19.7. The van der Waals surface area contributed by atoms with Gasteiger partial charge in [0.25, 0.3) is 5.91 Å². The number of nitrogens with zero attached hydrogens (tertiary/aromatic N) is 1. The molecule has 0 aliphatic rings. The van der Waals surface area contributed by atoms with E-state index in [2.05, 4.69) is 5.32 Å². The lowest BCUT2D eigenvalue weighted by molar-refractivity contribution is -0.143. The normalized spacial score (nSPS) is 11.8. The van der Waals surface area contributed by atoms with Gasteiger partial charge in [0.2, 0.25) is 5.91 Å². The molecule has 2 aromatic carbocycles. The van der Waals surface area contributed by atoms with Crippen LogP contribution < -0.4 is 10.1 Å². The number of amides is 2. The summed E-state index contributed by atoms with van der Waals surface area (Å²) in [5.41, 5.74) is 4.40. The third-order valence-electron chi connectivity index (χ3n) is 5.35. The maximum atomic E-state index is 13.2. The molecule has 0 fully saturated rings. The monoisotopic (exact) mass is 424 g/mol. The van der Waals surface area contributed by atoms with Crippen molar-refractivity contribution in [3.05, 3.63) is 64.7 Å². The van der Waals surface area contributed by atoms with E-state index in [9.17, 15) is 9.59 Å². The number of ether oxygens (including phenoxy) is 1. The van der Waals surface area contributed by atoms with Gasteiger partial charge in [-0.2, -0.15) is 0 Å². The van der Waals surface area contributed by atoms with E-state index in [1.54, 1.807) is 4.90 Å². The lowest BCUT2D eigenvalue weighted by Crippen LogP contribution is -2.50. The summed E-state index contributed by atoms with van der Waals surface area (Å²) in [6, 6.07) is 13.2. The fraction of sp³-hybridized carbons (Fsp3) is 0.462. The quantitative estimate of drug-likeness (QED) is 0.608. The van der Waals surface area contributed by atoms with Gasteiger partial charge >= 0.3 is 0 Å². The Balaban J connectivity index is 2.20. The molecule has 1 atom stereocenters. The summed E-state index contributed by atoms with van der Waals surface area (Å²) in [4.78, 5) is 27.8. The van der Waals surface area contributed by atoms with Crippen molar-refractivity contribution >= 4 is 11.8 Å². The Morgan fingerprint density at radius 1 is 1.03 bits per heavy atom. The molecule has 0 radical (unpaired) electrons. The number of rotatable bonds is 10. The van der Waals surface area contributed by atoms with Crippen molar-refractivity contribution in [2.24, 2.45) is 5.92 Å². The van der Waals surface area contributed by atoms with Gasteiger partial charge in [-0.15, -0.1) is 0 Å². The highest BCUT2D eigenvalue weighted by molar-refractivity contribution is 5.88. The van der Waals surface area contributed by atoms with Crippen LogP contribution in [0, 0.1) is 26.7 Å². The minimum atomic E-state index is -0.546. The van der Waals surface area contributed by atoms with E-state index in [0.717, 1.165) is 16.7 Å². The molecule has 0 heterocycles. The van der Waals surface area contributed by atoms with E-state index in [-0.39, 0.29) is 18.4 Å². The highest BCUT2D eigenvalue weighted by Gasteiger charge is 2.29. The van der Waals surface area contributed by atoms with E-state index in [1.165, 1.54) is 5.56 Å². The highest BCUT2D eigenvalue weighted by Crippen LogP contribution is 2.18. The number of benzene rings is 2. The van der Waals surface area contributed by atoms with Gasteiger partial charge in [0.05, 0.1) is 0 Å². The van der Waals surface area contributed by atoms with Crippen molar-refractivity contribution in [3.8, 4) is 5.75 Å². The molecule has 5 nitrogen and oxygen atoms in total. The topological polar surface area (TPSA) is 58.6 Å². The first kappa shape index (κ1) is 24.4. The minimum absolute atomic E-state index is 0.109. The van der Waals surface area contributed by atoms with Gasteiger partial charge in [-0.3, -0.25) is 9.59 Å². The SMILES string of the molecule is CCC(C(=O)NCC(C)C)N(Cc1cccc(C)c1)C(=O)COc1ccc(C)c(C)c1. The second-order valence-corrected chi connectivity index (χ2v) is 8.61. The van der Waals surface area contributed by atoms with Gasteiger partial charge in [-0.25, -0.2) is 0 Å². The van der Waals surface area contributed by atoms with Crippen LogP contribution in [-0.2, 0) is 16.1 Å². The Hall–Kier alpha value is -2.82. The summed E-state index contributed by atoms with van der Waals surface area (Å²) in [6.07, 6.45) is 0.533. The summed E-state index contributed by atoms with van der Waals surface area (Å²) < 4.78 is 5.80. The van der Waals surface area contributed by atoms with Gasteiger partial charge in [0, 0.05) is 13.1 Å². The van der Waals surface area contributed by atoms with E-state index in [4.69, 9.17) is 4.74 Å². The third kappa shape index (κ3) is 7.42. The van der Waals surface area contributed by atoms with E-state index < -0.39 is 6.04 Å². The third-order valence-corrected chi connectivity index (χ3v) is 5.35. The van der Waals surface area contributed by atoms with Crippen molar-refractivity contribution in [2.75, 3.05) is 13.2 Å². The molecule has 168 valence electrons. The molecular weight excluding hydrogens is 388 g/mol. The summed E-state index contributed by atoms with van der Waals surface area (Å²) in [5, 5.41) is 2.98. The van der Waals surface area contributed by atoms with Crippen LogP contribution in [-0.4, -0.2) is 35.9 Å². The smallest absolute Gasteiger partial charge is 0.261 e. The standard InChI is InChI=1S/C26H36N2O3/c1-7-24(26(30)27-15-18(2)3)28(16-22-10-8-9-19(4)13-22)25(29)17-31-23-12-11-20(5)21(6)14-23/h8-14,18,24H,7,15-17H2,1-6H3,(H,27,30). The zero-order valence-corrected chi connectivity index (χ0v) is 19.7. The van der Waals surface area contributed by atoms with Crippen LogP contribution in [0.5, 0.6) is 5.75 Å². The molecule has 31 heavy (non-hydrogen) atoms. The Bertz CT molecular complexity index is 892. The van der Waals surface area contributed by atoms with Crippen LogP contribution in [0.15, 0.2) is 42.5 Å². The minimum Gasteiger partial charge on any atom is -0.484 e. The van der Waals surface area contributed by atoms with Gasteiger partial charge in [-0.05, 0) is 61.9 Å². The predicted molar refractivity (Wildman–Crippen MR) is 125 cm³/mol. The van der Waals surface area contributed by atoms with Crippen molar-refractivity contribution < 1.29 is 14.3 Å². The molecule has 0 saturated carbocycles. The molecule has 0 aliphatic carbocycles. The molecule has 0 aromatic heterocycles. The van der Waals surface area contributed by atoms with E-state index in [0.29, 0.717) is 31.2 Å². The van der Waals surface area contributed by atoms with Gasteiger partial charge in [0.15, 0.2) is 6.61 Å². The van der Waals surface area contributed by atoms with Crippen LogP contribution >= 0.6 is 0 Å². The second kappa shape index (κ2) is 11.5. The van der Waals surface area contributed by atoms with Gasteiger partial charge in [-0.1, -0.05) is 56.7 Å². The van der Waals surface area contributed by atoms with Crippen LogP contribution in [0.25, 0.3) is 0 Å². The number of nitrogens with one attached hydrogen (secondary N) is 1. The largest absolute Gasteiger partial charge is 0.484 e. The predicted octanol–water partition coefficient (Wildman–Crippen LogP) is 4.57. The lowest BCUT2D eigenvalue weighted by atomic mass is 10.1. The molecule has 2 amide bonds. The van der Waals surface area contributed by atoms with Crippen LogP contribution in [0.1, 0.15) is 49.4 Å². The first-order chi connectivity index (χ1) is 14.7.